The van der Waals surface area contributed by atoms with Gasteiger partial charge in [0.05, 0.1) is 5.41 Å². The summed E-state index contributed by atoms with van der Waals surface area (Å²) in [6.07, 6.45) is 0.419. The molecule has 2 N–H and O–H groups in total. The SMILES string of the molecule is CCC(=O)Nc1ccc(C(C)(C)C(=O)O)cc1. The molecular formula is C13H17NO3. The fourth-order valence-electron chi connectivity index (χ4n) is 1.34. The van der Waals surface area contributed by atoms with Crippen molar-refractivity contribution in [3.63, 3.8) is 0 Å². The number of nitrogens with one attached hydrogen (secondary N) is 1. The molecule has 0 bridgehead atoms. The summed E-state index contributed by atoms with van der Waals surface area (Å²) in [5.41, 5.74) is 0.467. The van der Waals surface area contributed by atoms with Crippen molar-refractivity contribution in [3.05, 3.63) is 29.8 Å². The van der Waals surface area contributed by atoms with E-state index in [1.807, 2.05) is 0 Å². The zero-order chi connectivity index (χ0) is 13.1. The van der Waals surface area contributed by atoms with Gasteiger partial charge in [-0.3, -0.25) is 9.59 Å². The van der Waals surface area contributed by atoms with E-state index in [0.717, 1.165) is 0 Å². The second-order valence-electron chi connectivity index (χ2n) is 4.41. The standard InChI is InChI=1S/C13H17NO3/c1-4-11(15)14-10-7-5-9(6-8-10)13(2,3)12(16)17/h5-8H,4H2,1-3H3,(H,14,15)(H,16,17). The zero-order valence-corrected chi connectivity index (χ0v) is 10.3. The van der Waals surface area contributed by atoms with E-state index in [1.165, 1.54) is 0 Å². The minimum atomic E-state index is -0.923. The molecule has 0 aliphatic rings. The summed E-state index contributed by atoms with van der Waals surface area (Å²) in [6, 6.07) is 6.87. The van der Waals surface area contributed by atoms with Gasteiger partial charge in [-0.2, -0.15) is 0 Å². The average Bonchev–Trinajstić information content (AvgIpc) is 2.29. The first-order valence-corrected chi connectivity index (χ1v) is 5.51. The van der Waals surface area contributed by atoms with Crippen LogP contribution in [0.4, 0.5) is 5.69 Å². The molecule has 1 aromatic carbocycles. The van der Waals surface area contributed by atoms with Crippen molar-refractivity contribution in [2.24, 2.45) is 0 Å². The van der Waals surface area contributed by atoms with Crippen LogP contribution in [0.5, 0.6) is 0 Å². The molecular weight excluding hydrogens is 218 g/mol. The molecule has 0 spiro atoms. The number of benzene rings is 1. The van der Waals surface area contributed by atoms with Gasteiger partial charge in [-0.1, -0.05) is 19.1 Å². The van der Waals surface area contributed by atoms with Crippen LogP contribution in [0, 0.1) is 0 Å². The molecule has 0 aliphatic heterocycles. The monoisotopic (exact) mass is 235 g/mol. The van der Waals surface area contributed by atoms with Crippen LogP contribution in [0.2, 0.25) is 0 Å². The lowest BCUT2D eigenvalue weighted by Gasteiger charge is -2.19. The summed E-state index contributed by atoms with van der Waals surface area (Å²) in [4.78, 5) is 22.2. The second-order valence-corrected chi connectivity index (χ2v) is 4.41. The number of hydrogen-bond donors (Lipinski definition) is 2. The van der Waals surface area contributed by atoms with Crippen molar-refractivity contribution in [2.45, 2.75) is 32.6 Å². The largest absolute Gasteiger partial charge is 0.481 e. The maximum absolute atomic E-state index is 11.2. The Morgan fingerprint density at radius 2 is 1.76 bits per heavy atom. The molecule has 0 fully saturated rings. The lowest BCUT2D eigenvalue weighted by atomic mass is 9.85. The molecule has 0 saturated carbocycles. The second kappa shape index (κ2) is 4.99. The highest BCUT2D eigenvalue weighted by Crippen LogP contribution is 2.24. The number of hydrogen-bond acceptors (Lipinski definition) is 2. The van der Waals surface area contributed by atoms with E-state index in [1.54, 1.807) is 45.0 Å². The number of aliphatic carboxylic acids is 1. The maximum atomic E-state index is 11.2. The molecule has 0 aliphatic carbocycles. The van der Waals surface area contributed by atoms with Crippen molar-refractivity contribution in [3.8, 4) is 0 Å². The third-order valence-electron chi connectivity index (χ3n) is 2.75. The fourth-order valence-corrected chi connectivity index (χ4v) is 1.34. The number of carbonyl (C=O) groups excluding carboxylic acids is 1. The van der Waals surface area contributed by atoms with Crippen LogP contribution in [0.3, 0.4) is 0 Å². The minimum Gasteiger partial charge on any atom is -0.481 e. The van der Waals surface area contributed by atoms with Crippen molar-refractivity contribution in [1.29, 1.82) is 0 Å². The summed E-state index contributed by atoms with van der Waals surface area (Å²) < 4.78 is 0. The molecule has 92 valence electrons. The lowest BCUT2D eigenvalue weighted by molar-refractivity contribution is -0.142. The van der Waals surface area contributed by atoms with Crippen LogP contribution < -0.4 is 5.32 Å². The van der Waals surface area contributed by atoms with Crippen molar-refractivity contribution in [1.82, 2.24) is 0 Å². The van der Waals surface area contributed by atoms with E-state index >= 15 is 0 Å². The Balaban J connectivity index is 2.88. The first-order chi connectivity index (χ1) is 7.87. The minimum absolute atomic E-state index is 0.0600. The number of anilines is 1. The van der Waals surface area contributed by atoms with E-state index < -0.39 is 11.4 Å². The molecule has 4 nitrogen and oxygen atoms in total. The maximum Gasteiger partial charge on any atom is 0.313 e. The van der Waals surface area contributed by atoms with E-state index in [9.17, 15) is 9.59 Å². The Hall–Kier alpha value is -1.84. The van der Waals surface area contributed by atoms with Gasteiger partial charge >= 0.3 is 5.97 Å². The van der Waals surface area contributed by atoms with E-state index in [0.29, 0.717) is 17.7 Å². The Bertz CT molecular complexity index is 421. The van der Waals surface area contributed by atoms with Gasteiger partial charge in [0.25, 0.3) is 0 Å². The molecule has 0 unspecified atom stereocenters. The Labute approximate surface area is 101 Å². The molecule has 0 radical (unpaired) electrons. The summed E-state index contributed by atoms with van der Waals surface area (Å²) in [6.45, 7) is 5.07. The molecule has 0 heterocycles. The highest BCUT2D eigenvalue weighted by atomic mass is 16.4. The number of amides is 1. The van der Waals surface area contributed by atoms with Gasteiger partial charge in [-0.25, -0.2) is 0 Å². The highest BCUT2D eigenvalue weighted by Gasteiger charge is 2.29. The van der Waals surface area contributed by atoms with Crippen molar-refractivity contribution >= 4 is 17.6 Å². The molecule has 1 amide bonds. The predicted octanol–water partition coefficient (Wildman–Crippen LogP) is 2.40. The Morgan fingerprint density at radius 1 is 1.24 bits per heavy atom. The van der Waals surface area contributed by atoms with Gasteiger partial charge in [0.2, 0.25) is 5.91 Å². The summed E-state index contributed by atoms with van der Waals surface area (Å²) in [5.74, 6) is -0.932. The van der Waals surface area contributed by atoms with E-state index in [4.69, 9.17) is 5.11 Å². The number of carboxylic acid groups (broad SMARTS) is 1. The molecule has 0 aromatic heterocycles. The van der Waals surface area contributed by atoms with Crippen LogP contribution in [-0.2, 0) is 15.0 Å². The molecule has 17 heavy (non-hydrogen) atoms. The topological polar surface area (TPSA) is 66.4 Å². The van der Waals surface area contributed by atoms with E-state index in [-0.39, 0.29) is 5.91 Å². The smallest absolute Gasteiger partial charge is 0.313 e. The number of carbonyl (C=O) groups is 2. The zero-order valence-electron chi connectivity index (χ0n) is 10.3. The van der Waals surface area contributed by atoms with Crippen LogP contribution >= 0.6 is 0 Å². The van der Waals surface area contributed by atoms with Crippen LogP contribution in [-0.4, -0.2) is 17.0 Å². The molecule has 0 saturated heterocycles. The molecule has 1 rings (SSSR count). The average molecular weight is 235 g/mol. The lowest BCUT2D eigenvalue weighted by Crippen LogP contribution is -2.28. The first kappa shape index (κ1) is 13.2. The van der Waals surface area contributed by atoms with Crippen LogP contribution in [0.25, 0.3) is 0 Å². The molecule has 4 heteroatoms. The summed E-state index contributed by atoms with van der Waals surface area (Å²) in [5, 5.41) is 11.8. The van der Waals surface area contributed by atoms with Crippen LogP contribution in [0.15, 0.2) is 24.3 Å². The third kappa shape index (κ3) is 3.06. The van der Waals surface area contributed by atoms with Gasteiger partial charge in [0, 0.05) is 12.1 Å². The summed E-state index contributed by atoms with van der Waals surface area (Å²) in [7, 11) is 0. The quantitative estimate of drug-likeness (QED) is 0.842. The third-order valence-corrected chi connectivity index (χ3v) is 2.75. The number of carboxylic acids is 1. The Morgan fingerprint density at radius 3 is 2.18 bits per heavy atom. The molecule has 1 aromatic rings. The Kier molecular flexibility index (Phi) is 3.89. The predicted molar refractivity (Wildman–Crippen MR) is 66.0 cm³/mol. The van der Waals surface area contributed by atoms with Crippen molar-refractivity contribution < 1.29 is 14.7 Å². The normalized spacial score (nSPS) is 11.0. The van der Waals surface area contributed by atoms with Gasteiger partial charge < -0.3 is 10.4 Å². The van der Waals surface area contributed by atoms with Crippen molar-refractivity contribution in [2.75, 3.05) is 5.32 Å². The number of rotatable bonds is 4. The highest BCUT2D eigenvalue weighted by molar-refractivity contribution is 5.90. The van der Waals surface area contributed by atoms with Crippen LogP contribution in [0.1, 0.15) is 32.8 Å². The van der Waals surface area contributed by atoms with Gasteiger partial charge in [-0.05, 0) is 31.5 Å². The fraction of sp³-hybridized carbons (Fsp3) is 0.385. The van der Waals surface area contributed by atoms with Gasteiger partial charge in [0.1, 0.15) is 0 Å². The van der Waals surface area contributed by atoms with Gasteiger partial charge in [0.15, 0.2) is 0 Å². The molecule has 0 atom stereocenters. The summed E-state index contributed by atoms with van der Waals surface area (Å²) >= 11 is 0. The first-order valence-electron chi connectivity index (χ1n) is 5.51. The van der Waals surface area contributed by atoms with E-state index in [2.05, 4.69) is 5.32 Å². The van der Waals surface area contributed by atoms with Gasteiger partial charge in [-0.15, -0.1) is 0 Å².